The lowest BCUT2D eigenvalue weighted by molar-refractivity contribution is -0.151. The van der Waals surface area contributed by atoms with E-state index in [9.17, 15) is 9.59 Å². The van der Waals surface area contributed by atoms with E-state index in [1.807, 2.05) is 53.1 Å². The van der Waals surface area contributed by atoms with Crippen LogP contribution in [-0.4, -0.2) is 72.3 Å². The van der Waals surface area contributed by atoms with Crippen LogP contribution in [0.4, 0.5) is 0 Å². The van der Waals surface area contributed by atoms with Crippen LogP contribution >= 0.6 is 11.6 Å². The number of ether oxygens (including phenoxy) is 1. The molecule has 0 spiro atoms. The maximum atomic E-state index is 12.9. The minimum absolute atomic E-state index is 0.0893. The number of nitrogens with one attached hydrogen (secondary N) is 1. The number of aryl methyl sites for hydroxylation is 1. The Hall–Kier alpha value is -4.09. The van der Waals surface area contributed by atoms with Crippen LogP contribution < -0.4 is 0 Å². The average molecular weight is 580 g/mol. The lowest BCUT2D eigenvalue weighted by atomic mass is 9.97. The van der Waals surface area contributed by atoms with Gasteiger partial charge in [0.15, 0.2) is 5.15 Å². The summed E-state index contributed by atoms with van der Waals surface area (Å²) in [6.07, 6.45) is 2.62. The molecule has 4 rings (SSSR count). The third-order valence-electron chi connectivity index (χ3n) is 6.83. The summed E-state index contributed by atoms with van der Waals surface area (Å²) in [7, 11) is 3.43. The molecule has 2 N–H and O–H groups in total. The number of nitrogens with zero attached hydrogens (tertiary/aromatic N) is 6. The molecule has 0 aliphatic heterocycles. The number of likely N-dealkylation sites (N-methyl/N-ethyl adjacent to an activating group) is 1. The summed E-state index contributed by atoms with van der Waals surface area (Å²) in [5, 5.41) is 24.1. The van der Waals surface area contributed by atoms with E-state index in [-0.39, 0.29) is 24.6 Å². The summed E-state index contributed by atoms with van der Waals surface area (Å²) < 4.78 is 7.66. The first-order valence-electron chi connectivity index (χ1n) is 13.5. The summed E-state index contributed by atoms with van der Waals surface area (Å²) in [6.45, 7) is 2.45. The second kappa shape index (κ2) is 14.0. The first-order valence-corrected chi connectivity index (χ1v) is 13.9. The molecular weight excluding hydrogens is 546 g/mol. The minimum atomic E-state index is -0.968. The third-order valence-corrected chi connectivity index (χ3v) is 7.13. The monoisotopic (exact) mass is 579 g/mol. The van der Waals surface area contributed by atoms with Crippen LogP contribution in [-0.2, 0) is 33.9 Å². The molecule has 12 heteroatoms. The Morgan fingerprint density at radius 2 is 1.93 bits per heavy atom. The van der Waals surface area contributed by atoms with Crippen molar-refractivity contribution < 1.29 is 19.4 Å². The van der Waals surface area contributed by atoms with Gasteiger partial charge in [0.2, 0.25) is 5.82 Å². The molecule has 2 heterocycles. The third kappa shape index (κ3) is 7.56. The van der Waals surface area contributed by atoms with E-state index in [1.165, 1.54) is 0 Å². The zero-order chi connectivity index (χ0) is 29.4. The van der Waals surface area contributed by atoms with Gasteiger partial charge in [-0.3, -0.25) is 14.5 Å². The molecule has 0 aliphatic carbocycles. The number of aliphatic carboxylic acids is 1. The smallest absolute Gasteiger partial charge is 0.323 e. The Bertz CT molecular complexity index is 1460. The van der Waals surface area contributed by atoms with Crippen LogP contribution in [0.5, 0.6) is 0 Å². The number of carbonyl (C=O) groups excluding carboxylic acids is 1. The number of unbranched alkanes of at least 4 members (excludes halogenated alkanes) is 1. The first-order chi connectivity index (χ1) is 19.8. The number of esters is 1. The lowest BCUT2D eigenvalue weighted by Gasteiger charge is -2.22. The number of carboxylic acid groups (broad SMARTS) is 1. The van der Waals surface area contributed by atoms with Crippen molar-refractivity contribution in [3.8, 4) is 22.5 Å². The van der Waals surface area contributed by atoms with Crippen LogP contribution in [0.1, 0.15) is 49.7 Å². The van der Waals surface area contributed by atoms with Gasteiger partial charge in [0.1, 0.15) is 18.5 Å². The molecular formula is C29H34ClN7O4. The summed E-state index contributed by atoms with van der Waals surface area (Å²) in [5.41, 5.74) is 4.35. The highest BCUT2D eigenvalue weighted by atomic mass is 35.5. The molecule has 0 radical (unpaired) electrons. The lowest BCUT2D eigenvalue weighted by Crippen LogP contribution is -2.37. The molecule has 41 heavy (non-hydrogen) atoms. The largest absolute Gasteiger partial charge is 0.481 e. The van der Waals surface area contributed by atoms with E-state index in [2.05, 4.69) is 32.5 Å². The van der Waals surface area contributed by atoms with Crippen LogP contribution in [0.3, 0.4) is 0 Å². The van der Waals surface area contributed by atoms with Gasteiger partial charge in [-0.1, -0.05) is 67.4 Å². The molecule has 0 unspecified atom stereocenters. The van der Waals surface area contributed by atoms with Gasteiger partial charge in [-0.25, -0.2) is 4.98 Å². The number of rotatable bonds is 14. The van der Waals surface area contributed by atoms with Crippen LogP contribution in [0.15, 0.2) is 48.5 Å². The Kier molecular flexibility index (Phi) is 10.2. The quantitative estimate of drug-likeness (QED) is 0.205. The molecule has 0 fully saturated rings. The Morgan fingerprint density at radius 1 is 1.15 bits per heavy atom. The summed E-state index contributed by atoms with van der Waals surface area (Å²) in [6, 6.07) is 15.4. The fraction of sp³-hybridized carbons (Fsp3) is 0.379. The van der Waals surface area contributed by atoms with Gasteiger partial charge in [0, 0.05) is 24.9 Å². The van der Waals surface area contributed by atoms with Crippen LogP contribution in [0, 0.1) is 0 Å². The molecule has 2 aromatic carbocycles. The fourth-order valence-corrected chi connectivity index (χ4v) is 4.89. The van der Waals surface area contributed by atoms with E-state index < -0.39 is 18.0 Å². The van der Waals surface area contributed by atoms with E-state index in [4.69, 9.17) is 21.4 Å². The van der Waals surface area contributed by atoms with Crippen molar-refractivity contribution >= 4 is 23.5 Å². The normalized spacial score (nSPS) is 12.0. The SMILES string of the molecule is CCCCc1nc(Cl)c(COC(=O)[C@@H](CCC(=O)O)N(C)C)n1Cc1ccc(-c2ccccc2)c(-c2nn[nH]n2)c1. The highest BCUT2D eigenvalue weighted by Crippen LogP contribution is 2.32. The molecule has 0 saturated heterocycles. The number of imidazole rings is 1. The number of tetrazole rings is 1. The van der Waals surface area contributed by atoms with E-state index in [0.29, 0.717) is 24.5 Å². The summed E-state index contributed by atoms with van der Waals surface area (Å²) >= 11 is 6.60. The average Bonchev–Trinajstić information content (AvgIpc) is 3.59. The Labute approximate surface area is 243 Å². The zero-order valence-electron chi connectivity index (χ0n) is 23.4. The highest BCUT2D eigenvalue weighted by molar-refractivity contribution is 6.30. The van der Waals surface area contributed by atoms with Crippen molar-refractivity contribution in [1.29, 1.82) is 0 Å². The van der Waals surface area contributed by atoms with Crippen molar-refractivity contribution in [2.24, 2.45) is 0 Å². The molecule has 1 atom stereocenters. The minimum Gasteiger partial charge on any atom is -0.481 e. The topological polar surface area (TPSA) is 139 Å². The molecule has 2 aromatic heterocycles. The van der Waals surface area contributed by atoms with Gasteiger partial charge in [0.05, 0.1) is 5.69 Å². The van der Waals surface area contributed by atoms with Crippen molar-refractivity contribution in [1.82, 2.24) is 35.1 Å². The maximum Gasteiger partial charge on any atom is 0.323 e. The Balaban J connectivity index is 1.65. The predicted octanol–water partition coefficient (Wildman–Crippen LogP) is 4.61. The number of benzene rings is 2. The number of aromatic nitrogens is 6. The summed E-state index contributed by atoms with van der Waals surface area (Å²) in [5.74, 6) is -0.205. The van der Waals surface area contributed by atoms with Gasteiger partial charge in [-0.15, -0.1) is 10.2 Å². The molecule has 0 amide bonds. The van der Waals surface area contributed by atoms with Gasteiger partial charge in [-0.2, -0.15) is 5.21 Å². The van der Waals surface area contributed by atoms with E-state index >= 15 is 0 Å². The number of H-pyrrole nitrogens is 1. The molecule has 216 valence electrons. The molecule has 0 bridgehead atoms. The highest BCUT2D eigenvalue weighted by Gasteiger charge is 2.25. The fourth-order valence-electron chi connectivity index (χ4n) is 4.64. The second-order valence-corrected chi connectivity index (χ2v) is 10.3. The van der Waals surface area contributed by atoms with Gasteiger partial charge < -0.3 is 14.4 Å². The number of hydrogen-bond acceptors (Lipinski definition) is 8. The molecule has 0 saturated carbocycles. The maximum absolute atomic E-state index is 12.9. The van der Waals surface area contributed by atoms with Gasteiger partial charge in [-0.05, 0) is 54.9 Å². The van der Waals surface area contributed by atoms with E-state index in [0.717, 1.165) is 40.9 Å². The van der Waals surface area contributed by atoms with Crippen molar-refractivity contribution in [2.75, 3.05) is 14.1 Å². The number of carbonyl (C=O) groups is 2. The second-order valence-electron chi connectivity index (χ2n) is 9.96. The molecule has 11 nitrogen and oxygen atoms in total. The standard InChI is InChI=1S/C29H34ClN7O4/c1-4-5-11-25-31-27(30)24(18-41-29(40)23(36(2)3)14-15-26(38)39)37(25)17-19-12-13-21(20-9-7-6-8-10-20)22(16-19)28-32-34-35-33-28/h6-10,12-13,16,23H,4-5,11,14-15,17-18H2,1-3H3,(H,38,39)(H,32,33,34,35)/t23-/m1/s1. The number of carboxylic acids is 1. The van der Waals surface area contributed by atoms with Crippen LogP contribution in [0.2, 0.25) is 5.15 Å². The summed E-state index contributed by atoms with van der Waals surface area (Å²) in [4.78, 5) is 30.3. The first kappa shape index (κ1) is 29.9. The predicted molar refractivity (Wildman–Crippen MR) is 154 cm³/mol. The zero-order valence-corrected chi connectivity index (χ0v) is 24.1. The van der Waals surface area contributed by atoms with E-state index in [1.54, 1.807) is 19.0 Å². The number of aromatic amines is 1. The van der Waals surface area contributed by atoms with Crippen molar-refractivity contribution in [3.63, 3.8) is 0 Å². The van der Waals surface area contributed by atoms with Crippen molar-refractivity contribution in [2.45, 2.75) is 58.2 Å². The van der Waals surface area contributed by atoms with Gasteiger partial charge in [0.25, 0.3) is 0 Å². The van der Waals surface area contributed by atoms with Gasteiger partial charge >= 0.3 is 11.9 Å². The Morgan fingerprint density at radius 3 is 2.59 bits per heavy atom. The number of halogens is 1. The molecule has 4 aromatic rings. The molecule has 0 aliphatic rings. The van der Waals surface area contributed by atoms with Crippen LogP contribution in [0.25, 0.3) is 22.5 Å². The number of hydrogen-bond donors (Lipinski definition) is 2. The van der Waals surface area contributed by atoms with Crippen molar-refractivity contribution in [3.05, 3.63) is 70.8 Å².